The summed E-state index contributed by atoms with van der Waals surface area (Å²) in [5.74, 6) is -0.163. The van der Waals surface area contributed by atoms with Gasteiger partial charge in [-0.1, -0.05) is 24.8 Å². The summed E-state index contributed by atoms with van der Waals surface area (Å²) in [6.07, 6.45) is 4.41. The first-order valence-corrected chi connectivity index (χ1v) is 8.76. The maximum atomic E-state index is 12.9. The molecule has 0 bridgehead atoms. The third kappa shape index (κ3) is 3.86. The number of nitrogens with zero attached hydrogens (tertiary/aromatic N) is 2. The predicted octanol–water partition coefficient (Wildman–Crippen LogP) is 3.39. The van der Waals surface area contributed by atoms with E-state index in [0.29, 0.717) is 6.54 Å². The second kappa shape index (κ2) is 8.13. The van der Waals surface area contributed by atoms with Crippen LogP contribution >= 0.6 is 0 Å². The molecule has 1 unspecified atom stereocenters. The summed E-state index contributed by atoms with van der Waals surface area (Å²) in [5.41, 5.74) is 3.75. The molecule has 1 aromatic carbocycles. The Morgan fingerprint density at radius 3 is 2.75 bits per heavy atom. The Bertz CT molecular complexity index is 624. The van der Waals surface area contributed by atoms with Crippen LogP contribution in [0.5, 0.6) is 0 Å². The van der Waals surface area contributed by atoms with Gasteiger partial charge in [-0.25, -0.2) is 0 Å². The lowest BCUT2D eigenvalue weighted by molar-refractivity contribution is -0.140. The summed E-state index contributed by atoms with van der Waals surface area (Å²) < 4.78 is 0. The summed E-state index contributed by atoms with van der Waals surface area (Å²) in [7, 11) is 0. The van der Waals surface area contributed by atoms with Crippen molar-refractivity contribution in [3.63, 3.8) is 0 Å². The fraction of sp³-hybridized carbons (Fsp3) is 0.500. The lowest BCUT2D eigenvalue weighted by atomic mass is 9.90. The van der Waals surface area contributed by atoms with Gasteiger partial charge in [0.2, 0.25) is 11.8 Å². The fourth-order valence-electron chi connectivity index (χ4n) is 3.42. The quantitative estimate of drug-likeness (QED) is 0.777. The smallest absolute Gasteiger partial charge is 0.246 e. The van der Waals surface area contributed by atoms with E-state index in [1.165, 1.54) is 22.8 Å². The van der Waals surface area contributed by atoms with E-state index in [-0.39, 0.29) is 24.4 Å². The van der Waals surface area contributed by atoms with Crippen LogP contribution < -0.4 is 0 Å². The second-order valence-corrected chi connectivity index (χ2v) is 6.44. The third-order valence-electron chi connectivity index (χ3n) is 5.02. The standard InChI is InChI=1S/C20H28N2O2/c1-5-19(23)21(6-2)14-20(24)22-13-8-7-12-18(22)17-11-9-10-15(3)16(17)4/h5,9-11,18H,1,6-8,12-14H2,2-4H3. The summed E-state index contributed by atoms with van der Waals surface area (Å²) >= 11 is 0. The molecule has 1 atom stereocenters. The number of carbonyl (C=O) groups is 2. The Labute approximate surface area is 145 Å². The van der Waals surface area contributed by atoms with E-state index in [0.717, 1.165) is 25.8 Å². The summed E-state index contributed by atoms with van der Waals surface area (Å²) in [6, 6.07) is 6.42. The molecule has 1 fully saturated rings. The predicted molar refractivity (Wildman–Crippen MR) is 96.7 cm³/mol. The van der Waals surface area contributed by atoms with Gasteiger partial charge in [-0.3, -0.25) is 9.59 Å². The molecular formula is C20H28N2O2. The first-order chi connectivity index (χ1) is 11.5. The highest BCUT2D eigenvalue weighted by atomic mass is 16.2. The maximum Gasteiger partial charge on any atom is 0.246 e. The van der Waals surface area contributed by atoms with Gasteiger partial charge in [0.25, 0.3) is 0 Å². The molecule has 1 aliphatic heterocycles. The van der Waals surface area contributed by atoms with Crippen molar-refractivity contribution in [1.82, 2.24) is 9.80 Å². The van der Waals surface area contributed by atoms with E-state index in [9.17, 15) is 9.59 Å². The highest BCUT2D eigenvalue weighted by Gasteiger charge is 2.30. The SMILES string of the molecule is C=CC(=O)N(CC)CC(=O)N1CCCCC1c1cccc(C)c1C. The first kappa shape index (κ1) is 18.2. The molecular weight excluding hydrogens is 300 g/mol. The number of rotatable bonds is 5. The monoisotopic (exact) mass is 328 g/mol. The van der Waals surface area contributed by atoms with Crippen molar-refractivity contribution >= 4 is 11.8 Å². The summed E-state index contributed by atoms with van der Waals surface area (Å²) in [5, 5.41) is 0. The van der Waals surface area contributed by atoms with Gasteiger partial charge in [0, 0.05) is 13.1 Å². The fourth-order valence-corrected chi connectivity index (χ4v) is 3.42. The number of hydrogen-bond donors (Lipinski definition) is 0. The van der Waals surface area contributed by atoms with Crippen LogP contribution in [-0.4, -0.2) is 41.2 Å². The lowest BCUT2D eigenvalue weighted by Crippen LogP contribution is -2.45. The maximum absolute atomic E-state index is 12.9. The molecule has 1 aromatic rings. The van der Waals surface area contributed by atoms with Crippen molar-refractivity contribution in [2.24, 2.45) is 0 Å². The number of benzene rings is 1. The minimum atomic E-state index is -0.189. The van der Waals surface area contributed by atoms with E-state index in [1.807, 2.05) is 11.8 Å². The molecule has 0 radical (unpaired) electrons. The molecule has 4 heteroatoms. The molecule has 1 aliphatic rings. The zero-order valence-electron chi connectivity index (χ0n) is 15.0. The van der Waals surface area contributed by atoms with E-state index in [1.54, 1.807) is 4.90 Å². The van der Waals surface area contributed by atoms with Gasteiger partial charge < -0.3 is 9.80 Å². The van der Waals surface area contributed by atoms with Crippen molar-refractivity contribution in [2.75, 3.05) is 19.6 Å². The van der Waals surface area contributed by atoms with E-state index in [4.69, 9.17) is 0 Å². The number of hydrogen-bond acceptors (Lipinski definition) is 2. The Hall–Kier alpha value is -2.10. The number of aryl methyl sites for hydroxylation is 1. The Kier molecular flexibility index (Phi) is 6.18. The molecule has 0 aliphatic carbocycles. The molecule has 0 aromatic heterocycles. The van der Waals surface area contributed by atoms with Crippen LogP contribution in [-0.2, 0) is 9.59 Å². The van der Waals surface area contributed by atoms with Gasteiger partial charge in [0.05, 0.1) is 6.04 Å². The molecule has 0 N–H and O–H groups in total. The van der Waals surface area contributed by atoms with Gasteiger partial charge in [0.1, 0.15) is 6.54 Å². The second-order valence-electron chi connectivity index (χ2n) is 6.44. The van der Waals surface area contributed by atoms with Crippen LogP contribution in [0.2, 0.25) is 0 Å². The molecule has 0 saturated carbocycles. The van der Waals surface area contributed by atoms with Crippen LogP contribution in [0.15, 0.2) is 30.9 Å². The van der Waals surface area contributed by atoms with Crippen molar-refractivity contribution in [3.05, 3.63) is 47.5 Å². The van der Waals surface area contributed by atoms with Crippen molar-refractivity contribution in [1.29, 1.82) is 0 Å². The molecule has 24 heavy (non-hydrogen) atoms. The normalized spacial score (nSPS) is 17.5. The Morgan fingerprint density at radius 2 is 2.08 bits per heavy atom. The van der Waals surface area contributed by atoms with Gasteiger partial charge in [-0.2, -0.15) is 0 Å². The molecule has 130 valence electrons. The highest BCUT2D eigenvalue weighted by molar-refractivity contribution is 5.91. The molecule has 2 amide bonds. The molecule has 4 nitrogen and oxygen atoms in total. The molecule has 1 saturated heterocycles. The van der Waals surface area contributed by atoms with Crippen LogP contribution in [0.4, 0.5) is 0 Å². The van der Waals surface area contributed by atoms with Gasteiger partial charge in [-0.05, 0) is 62.8 Å². The van der Waals surface area contributed by atoms with Crippen LogP contribution in [0.1, 0.15) is 48.9 Å². The molecule has 1 heterocycles. The number of piperidine rings is 1. The van der Waals surface area contributed by atoms with Gasteiger partial charge in [0.15, 0.2) is 0 Å². The Balaban J connectivity index is 2.22. The zero-order valence-corrected chi connectivity index (χ0v) is 15.0. The zero-order chi connectivity index (χ0) is 17.7. The first-order valence-electron chi connectivity index (χ1n) is 8.76. The lowest BCUT2D eigenvalue weighted by Gasteiger charge is -2.38. The summed E-state index contributed by atoms with van der Waals surface area (Å²) in [4.78, 5) is 28.2. The largest absolute Gasteiger partial charge is 0.334 e. The van der Waals surface area contributed by atoms with Crippen LogP contribution in [0.3, 0.4) is 0 Å². The third-order valence-corrected chi connectivity index (χ3v) is 5.02. The number of carbonyl (C=O) groups excluding carboxylic acids is 2. The number of likely N-dealkylation sites (N-methyl/N-ethyl adjacent to an activating group) is 1. The molecule has 0 spiro atoms. The minimum absolute atomic E-state index is 0.0256. The average Bonchev–Trinajstić information content (AvgIpc) is 2.61. The van der Waals surface area contributed by atoms with Crippen molar-refractivity contribution in [3.8, 4) is 0 Å². The number of amides is 2. The van der Waals surface area contributed by atoms with Gasteiger partial charge >= 0.3 is 0 Å². The average molecular weight is 328 g/mol. The topological polar surface area (TPSA) is 40.6 Å². The Morgan fingerprint density at radius 1 is 1.33 bits per heavy atom. The van der Waals surface area contributed by atoms with Gasteiger partial charge in [-0.15, -0.1) is 0 Å². The van der Waals surface area contributed by atoms with Crippen LogP contribution in [0.25, 0.3) is 0 Å². The van der Waals surface area contributed by atoms with Crippen molar-refractivity contribution in [2.45, 2.75) is 46.1 Å². The van der Waals surface area contributed by atoms with Crippen LogP contribution in [0, 0.1) is 13.8 Å². The minimum Gasteiger partial charge on any atom is -0.334 e. The van der Waals surface area contributed by atoms with Crippen molar-refractivity contribution < 1.29 is 9.59 Å². The van der Waals surface area contributed by atoms with E-state index >= 15 is 0 Å². The number of likely N-dealkylation sites (tertiary alicyclic amines) is 1. The summed E-state index contributed by atoms with van der Waals surface area (Å²) in [6.45, 7) is 11.0. The molecule has 2 rings (SSSR count). The van der Waals surface area contributed by atoms with E-state index < -0.39 is 0 Å². The highest BCUT2D eigenvalue weighted by Crippen LogP contribution is 2.33. The van der Waals surface area contributed by atoms with E-state index in [2.05, 4.69) is 38.6 Å².